The summed E-state index contributed by atoms with van der Waals surface area (Å²) in [5.74, 6) is 0.626. The van der Waals surface area contributed by atoms with Gasteiger partial charge in [-0.05, 0) is 43.4 Å². The number of sulfone groups is 1. The third kappa shape index (κ3) is 4.88. The molecule has 1 aliphatic rings. The van der Waals surface area contributed by atoms with Gasteiger partial charge in [0.05, 0.1) is 12.9 Å². The van der Waals surface area contributed by atoms with Crippen LogP contribution in [0.3, 0.4) is 0 Å². The largest absolute Gasteiger partial charge is 0.496 e. The predicted octanol–water partition coefficient (Wildman–Crippen LogP) is 3.16. The van der Waals surface area contributed by atoms with Crippen LogP contribution in [0.4, 0.5) is 0 Å². The lowest BCUT2D eigenvalue weighted by Crippen LogP contribution is -2.48. The van der Waals surface area contributed by atoms with E-state index in [0.29, 0.717) is 41.3 Å². The Labute approximate surface area is 155 Å². The highest BCUT2D eigenvalue weighted by Crippen LogP contribution is 2.27. The van der Waals surface area contributed by atoms with E-state index in [1.807, 2.05) is 0 Å². The first-order valence-electron chi connectivity index (χ1n) is 8.46. The molecule has 0 saturated carbocycles. The number of likely N-dealkylation sites (tertiary alicyclic amines) is 1. The molecule has 0 aromatic heterocycles. The molecule has 0 radical (unpaired) electrons. The number of ether oxygens (including phenoxy) is 1. The van der Waals surface area contributed by atoms with Crippen LogP contribution in [0.25, 0.3) is 0 Å². The molecule has 3 unspecified atom stereocenters. The van der Waals surface area contributed by atoms with Gasteiger partial charge in [0, 0.05) is 23.7 Å². The fourth-order valence-corrected chi connectivity index (χ4v) is 5.02. The summed E-state index contributed by atoms with van der Waals surface area (Å²) in [6.07, 6.45) is 1.06. The van der Waals surface area contributed by atoms with Crippen molar-refractivity contribution in [3.8, 4) is 5.75 Å². The van der Waals surface area contributed by atoms with Gasteiger partial charge in [-0.3, -0.25) is 4.79 Å². The summed E-state index contributed by atoms with van der Waals surface area (Å²) in [4.78, 5) is 14.4. The Bertz CT molecular complexity index is 725. The van der Waals surface area contributed by atoms with Crippen molar-refractivity contribution >= 4 is 27.3 Å². The van der Waals surface area contributed by atoms with Crippen LogP contribution in [0.5, 0.6) is 5.75 Å². The highest BCUT2D eigenvalue weighted by atomic mass is 35.5. The van der Waals surface area contributed by atoms with Crippen LogP contribution in [0, 0.1) is 11.8 Å². The molecular formula is C18H26ClNO4S. The van der Waals surface area contributed by atoms with E-state index in [0.717, 1.165) is 6.42 Å². The molecule has 1 aromatic rings. The summed E-state index contributed by atoms with van der Waals surface area (Å²) >= 11 is 5.97. The van der Waals surface area contributed by atoms with Crippen LogP contribution >= 0.6 is 11.6 Å². The van der Waals surface area contributed by atoms with Crippen molar-refractivity contribution in [1.29, 1.82) is 0 Å². The Balaban J connectivity index is 2.18. The van der Waals surface area contributed by atoms with Crippen molar-refractivity contribution in [3.63, 3.8) is 0 Å². The average Bonchev–Trinajstić information content (AvgIpc) is 2.52. The first kappa shape index (κ1) is 20.0. The van der Waals surface area contributed by atoms with Crippen molar-refractivity contribution in [2.24, 2.45) is 11.8 Å². The minimum absolute atomic E-state index is 0.275. The van der Waals surface area contributed by atoms with Gasteiger partial charge in [0.25, 0.3) is 0 Å². The van der Waals surface area contributed by atoms with E-state index < -0.39 is 15.1 Å². The van der Waals surface area contributed by atoms with E-state index in [9.17, 15) is 13.2 Å². The van der Waals surface area contributed by atoms with E-state index >= 15 is 0 Å². The SMILES string of the molecule is COc1ccc(Cl)cc1CS(=O)(=O)C(C)C(=O)N1CC(C)CC(C)C1. The maximum Gasteiger partial charge on any atom is 0.240 e. The molecule has 1 saturated heterocycles. The number of benzene rings is 1. The van der Waals surface area contributed by atoms with Gasteiger partial charge >= 0.3 is 0 Å². The van der Waals surface area contributed by atoms with E-state index in [1.54, 1.807) is 23.1 Å². The number of amides is 1. The normalized spacial score (nSPS) is 22.5. The molecular weight excluding hydrogens is 362 g/mol. The molecule has 1 heterocycles. The third-order valence-electron chi connectivity index (χ3n) is 4.67. The van der Waals surface area contributed by atoms with Gasteiger partial charge in [0.15, 0.2) is 9.84 Å². The summed E-state index contributed by atoms with van der Waals surface area (Å²) in [6, 6.07) is 4.84. The summed E-state index contributed by atoms with van der Waals surface area (Å²) in [5, 5.41) is -0.655. The molecule has 3 atom stereocenters. The van der Waals surface area contributed by atoms with Crippen LogP contribution in [0.2, 0.25) is 5.02 Å². The van der Waals surface area contributed by atoms with Gasteiger partial charge in [0.1, 0.15) is 11.0 Å². The maximum absolute atomic E-state index is 12.8. The smallest absolute Gasteiger partial charge is 0.240 e. The second kappa shape index (κ2) is 7.96. The molecule has 7 heteroatoms. The number of hydrogen-bond donors (Lipinski definition) is 0. The standard InChI is InChI=1S/C18H26ClNO4S/c1-12-7-13(2)10-20(9-12)18(21)14(3)25(22,23)11-15-8-16(19)5-6-17(15)24-4/h5-6,8,12-14H,7,9-11H2,1-4H3. The lowest BCUT2D eigenvalue weighted by atomic mass is 9.92. The highest BCUT2D eigenvalue weighted by molar-refractivity contribution is 7.92. The highest BCUT2D eigenvalue weighted by Gasteiger charge is 2.35. The molecule has 1 aromatic carbocycles. The molecule has 1 aliphatic heterocycles. The number of nitrogens with zero attached hydrogens (tertiary/aromatic N) is 1. The summed E-state index contributed by atoms with van der Waals surface area (Å²) in [6.45, 7) is 6.88. The number of methoxy groups -OCH3 is 1. The van der Waals surface area contributed by atoms with Crippen molar-refractivity contribution in [3.05, 3.63) is 28.8 Å². The lowest BCUT2D eigenvalue weighted by molar-refractivity contribution is -0.133. The minimum Gasteiger partial charge on any atom is -0.496 e. The van der Waals surface area contributed by atoms with Gasteiger partial charge < -0.3 is 9.64 Å². The Hall–Kier alpha value is -1.27. The fraction of sp³-hybridized carbons (Fsp3) is 0.611. The van der Waals surface area contributed by atoms with E-state index in [1.165, 1.54) is 14.0 Å². The van der Waals surface area contributed by atoms with Crippen LogP contribution in [-0.4, -0.2) is 44.7 Å². The van der Waals surface area contributed by atoms with E-state index in [2.05, 4.69) is 13.8 Å². The quantitative estimate of drug-likeness (QED) is 0.778. The van der Waals surface area contributed by atoms with Crippen molar-refractivity contribution in [2.75, 3.05) is 20.2 Å². The molecule has 140 valence electrons. The number of halogens is 1. The Morgan fingerprint density at radius 2 is 1.92 bits per heavy atom. The zero-order valence-corrected chi connectivity index (χ0v) is 16.7. The molecule has 1 fully saturated rings. The van der Waals surface area contributed by atoms with E-state index in [4.69, 9.17) is 16.3 Å². The number of rotatable bonds is 5. The Morgan fingerprint density at radius 3 is 2.48 bits per heavy atom. The number of piperidine rings is 1. The first-order valence-corrected chi connectivity index (χ1v) is 10.6. The number of carbonyl (C=O) groups is 1. The molecule has 0 bridgehead atoms. The van der Waals surface area contributed by atoms with Gasteiger partial charge in [-0.25, -0.2) is 8.42 Å². The second-order valence-corrected chi connectivity index (χ2v) is 9.85. The topological polar surface area (TPSA) is 63.7 Å². The molecule has 0 spiro atoms. The summed E-state index contributed by atoms with van der Waals surface area (Å²) in [7, 11) is -2.20. The Morgan fingerprint density at radius 1 is 1.32 bits per heavy atom. The molecule has 25 heavy (non-hydrogen) atoms. The molecule has 1 amide bonds. The fourth-order valence-electron chi connectivity index (χ4n) is 3.46. The molecule has 2 rings (SSSR count). The molecule has 0 aliphatic carbocycles. The van der Waals surface area contributed by atoms with Gasteiger partial charge in [-0.15, -0.1) is 0 Å². The van der Waals surface area contributed by atoms with Crippen LogP contribution < -0.4 is 4.74 Å². The molecule has 0 N–H and O–H groups in total. The van der Waals surface area contributed by atoms with E-state index in [-0.39, 0.29) is 11.7 Å². The predicted molar refractivity (Wildman–Crippen MR) is 99.6 cm³/mol. The monoisotopic (exact) mass is 387 g/mol. The third-order valence-corrected chi connectivity index (χ3v) is 6.89. The lowest BCUT2D eigenvalue weighted by Gasteiger charge is -2.36. The first-order chi connectivity index (χ1) is 11.6. The Kier molecular flexibility index (Phi) is 6.38. The second-order valence-electron chi connectivity index (χ2n) is 7.09. The van der Waals surface area contributed by atoms with Crippen molar-refractivity contribution < 1.29 is 17.9 Å². The van der Waals surface area contributed by atoms with Crippen LogP contribution in [0.1, 0.15) is 32.8 Å². The molecule has 5 nitrogen and oxygen atoms in total. The average molecular weight is 388 g/mol. The number of carbonyl (C=O) groups excluding carboxylic acids is 1. The zero-order chi connectivity index (χ0) is 18.8. The number of hydrogen-bond acceptors (Lipinski definition) is 4. The summed E-state index contributed by atoms with van der Waals surface area (Å²) in [5.41, 5.74) is 0.468. The van der Waals surface area contributed by atoms with Crippen LogP contribution in [-0.2, 0) is 20.4 Å². The maximum atomic E-state index is 12.8. The van der Waals surface area contributed by atoms with Crippen LogP contribution in [0.15, 0.2) is 18.2 Å². The summed E-state index contributed by atoms with van der Waals surface area (Å²) < 4.78 is 30.8. The van der Waals surface area contributed by atoms with Gasteiger partial charge in [0.2, 0.25) is 5.91 Å². The van der Waals surface area contributed by atoms with Gasteiger partial charge in [-0.2, -0.15) is 0 Å². The zero-order valence-electron chi connectivity index (χ0n) is 15.2. The van der Waals surface area contributed by atoms with Crippen molar-refractivity contribution in [1.82, 2.24) is 4.90 Å². The van der Waals surface area contributed by atoms with Crippen molar-refractivity contribution in [2.45, 2.75) is 38.2 Å². The minimum atomic E-state index is -3.68. The van der Waals surface area contributed by atoms with Gasteiger partial charge in [-0.1, -0.05) is 25.4 Å².